The topological polar surface area (TPSA) is 61.0 Å². The second-order valence-electron chi connectivity index (χ2n) is 3.98. The maximum atomic E-state index is 10.7. The second-order valence-corrected chi connectivity index (χ2v) is 3.98. The number of hydrogen-bond acceptors (Lipinski definition) is 3. The molecule has 0 aliphatic rings. The van der Waals surface area contributed by atoms with Gasteiger partial charge in [-0.15, -0.1) is 0 Å². The number of aromatic nitrogens is 2. The molecule has 0 aliphatic heterocycles. The van der Waals surface area contributed by atoms with Crippen LogP contribution in [0.25, 0.3) is 12.2 Å². The van der Waals surface area contributed by atoms with Gasteiger partial charge in [0.2, 0.25) is 5.82 Å². The van der Waals surface area contributed by atoms with Crippen LogP contribution in [0.3, 0.4) is 0 Å². The van der Waals surface area contributed by atoms with Gasteiger partial charge in [-0.3, -0.25) is 0 Å². The van der Waals surface area contributed by atoms with E-state index in [2.05, 4.69) is 4.98 Å². The minimum Gasteiger partial charge on any atom is -0.358 e. The lowest BCUT2D eigenvalue weighted by Gasteiger charge is -1.98. The highest BCUT2D eigenvalue weighted by molar-refractivity contribution is 5.68. The average Bonchev–Trinajstić information content (AvgIpc) is 2.81. The van der Waals surface area contributed by atoms with Crippen LogP contribution in [0.4, 0.5) is 5.82 Å². The van der Waals surface area contributed by atoms with E-state index in [1.165, 1.54) is 10.8 Å². The summed E-state index contributed by atoms with van der Waals surface area (Å²) < 4.78 is 1.45. The summed E-state index contributed by atoms with van der Waals surface area (Å²) in [7, 11) is 1.63. The first kappa shape index (κ1) is 15.6. The van der Waals surface area contributed by atoms with Crippen LogP contribution in [-0.2, 0) is 7.05 Å². The Morgan fingerprint density at radius 2 is 1.90 bits per heavy atom. The summed E-state index contributed by atoms with van der Waals surface area (Å²) in [6, 6.07) is 7.93. The van der Waals surface area contributed by atoms with Crippen molar-refractivity contribution in [2.45, 2.75) is 20.8 Å². The van der Waals surface area contributed by atoms with Crippen molar-refractivity contribution in [3.63, 3.8) is 0 Å². The molecule has 2 aromatic rings. The van der Waals surface area contributed by atoms with Crippen LogP contribution in [0.5, 0.6) is 0 Å². The smallest absolute Gasteiger partial charge is 0.342 e. The monoisotopic (exact) mass is 273 g/mol. The average molecular weight is 273 g/mol. The van der Waals surface area contributed by atoms with Crippen LogP contribution in [0, 0.1) is 17.0 Å². The van der Waals surface area contributed by atoms with Gasteiger partial charge in [0.25, 0.3) is 0 Å². The Labute approximate surface area is 118 Å². The molecule has 2 rings (SSSR count). The number of imidazole rings is 1. The third-order valence-electron chi connectivity index (χ3n) is 2.79. The van der Waals surface area contributed by atoms with Crippen molar-refractivity contribution in [1.29, 1.82) is 0 Å². The van der Waals surface area contributed by atoms with Gasteiger partial charge >= 0.3 is 5.82 Å². The summed E-state index contributed by atoms with van der Waals surface area (Å²) in [5.41, 5.74) is 2.22. The summed E-state index contributed by atoms with van der Waals surface area (Å²) >= 11 is 0. The number of nitrogens with zero attached hydrogens (tertiary/aromatic N) is 3. The van der Waals surface area contributed by atoms with E-state index in [1.54, 1.807) is 13.1 Å². The molecule has 0 spiro atoms. The minimum absolute atomic E-state index is 0.0144. The summed E-state index contributed by atoms with van der Waals surface area (Å²) in [5.74, 6) is 0.546. The summed E-state index contributed by atoms with van der Waals surface area (Å²) in [6.07, 6.45) is 4.94. The molecule has 106 valence electrons. The molecular formula is C15H19N3O2. The van der Waals surface area contributed by atoms with Gasteiger partial charge in [0.15, 0.2) is 0 Å². The number of benzene rings is 1. The van der Waals surface area contributed by atoms with E-state index >= 15 is 0 Å². The molecular weight excluding hydrogens is 254 g/mol. The lowest BCUT2D eigenvalue weighted by atomic mass is 10.1. The Kier molecular flexibility index (Phi) is 5.65. The van der Waals surface area contributed by atoms with Gasteiger partial charge < -0.3 is 10.1 Å². The van der Waals surface area contributed by atoms with E-state index in [0.29, 0.717) is 5.82 Å². The van der Waals surface area contributed by atoms with Crippen LogP contribution in [0.2, 0.25) is 0 Å². The molecule has 1 heterocycles. The first-order valence-electron chi connectivity index (χ1n) is 6.49. The summed E-state index contributed by atoms with van der Waals surface area (Å²) in [4.78, 5) is 14.3. The van der Waals surface area contributed by atoms with Crippen LogP contribution in [0.1, 0.15) is 30.8 Å². The van der Waals surface area contributed by atoms with Crippen molar-refractivity contribution in [1.82, 2.24) is 9.55 Å². The van der Waals surface area contributed by atoms with E-state index < -0.39 is 4.92 Å². The van der Waals surface area contributed by atoms with E-state index in [-0.39, 0.29) is 5.82 Å². The zero-order valence-electron chi connectivity index (χ0n) is 12.2. The fraction of sp³-hybridized carbons (Fsp3) is 0.267. The van der Waals surface area contributed by atoms with Gasteiger partial charge in [-0.1, -0.05) is 38.1 Å². The molecule has 5 nitrogen and oxygen atoms in total. The number of hydrogen-bond donors (Lipinski definition) is 0. The second kappa shape index (κ2) is 7.23. The highest BCUT2D eigenvalue weighted by atomic mass is 16.6. The molecule has 0 saturated heterocycles. The molecule has 0 bridgehead atoms. The quantitative estimate of drug-likeness (QED) is 0.630. The minimum atomic E-state index is -0.446. The molecule has 5 heteroatoms. The third-order valence-corrected chi connectivity index (χ3v) is 2.79. The van der Waals surface area contributed by atoms with Gasteiger partial charge in [-0.25, -0.2) is 9.55 Å². The Hall–Kier alpha value is -2.43. The van der Waals surface area contributed by atoms with E-state index in [4.69, 9.17) is 0 Å². The largest absolute Gasteiger partial charge is 0.358 e. The number of nitro groups is 1. The predicted molar refractivity (Wildman–Crippen MR) is 81.3 cm³/mol. The normalized spacial score (nSPS) is 10.2. The molecule has 0 fully saturated rings. The SMILES string of the molecule is CC.Cc1ccccc1/C=C/c1ncc([N+](=O)[O-])n1C. The van der Waals surface area contributed by atoms with Crippen molar-refractivity contribution in [2.24, 2.45) is 7.05 Å². The molecule has 20 heavy (non-hydrogen) atoms. The Bertz CT molecular complexity index is 615. The Morgan fingerprint density at radius 1 is 1.25 bits per heavy atom. The van der Waals surface area contributed by atoms with Gasteiger partial charge in [-0.2, -0.15) is 0 Å². The number of aryl methyl sites for hydroxylation is 1. The van der Waals surface area contributed by atoms with Crippen molar-refractivity contribution in [3.05, 3.63) is 57.5 Å². The molecule has 0 N–H and O–H groups in total. The Morgan fingerprint density at radius 3 is 2.45 bits per heavy atom. The molecule has 0 saturated carbocycles. The fourth-order valence-electron chi connectivity index (χ4n) is 1.68. The standard InChI is InChI=1S/C13H13N3O2.C2H6/c1-10-5-3-4-6-11(10)7-8-12-14-9-13(15(12)2)16(17)18;1-2/h3-9H,1-2H3;1-2H3/b8-7+;. The molecule has 1 aromatic heterocycles. The molecule has 0 radical (unpaired) electrons. The van der Waals surface area contributed by atoms with Crippen molar-refractivity contribution in [3.8, 4) is 0 Å². The van der Waals surface area contributed by atoms with Crippen molar-refractivity contribution in [2.75, 3.05) is 0 Å². The maximum absolute atomic E-state index is 10.7. The predicted octanol–water partition coefficient (Wildman–Crippen LogP) is 3.83. The summed E-state index contributed by atoms with van der Waals surface area (Å²) in [5, 5.41) is 10.7. The first-order valence-corrected chi connectivity index (χ1v) is 6.49. The van der Waals surface area contributed by atoms with E-state index in [0.717, 1.165) is 11.1 Å². The van der Waals surface area contributed by atoms with Gasteiger partial charge in [0, 0.05) is 6.08 Å². The highest BCUT2D eigenvalue weighted by Crippen LogP contribution is 2.15. The third kappa shape index (κ3) is 3.54. The van der Waals surface area contributed by atoms with E-state index in [1.807, 2.05) is 51.1 Å². The lowest BCUT2D eigenvalue weighted by Crippen LogP contribution is -1.98. The van der Waals surface area contributed by atoms with Crippen LogP contribution < -0.4 is 0 Å². The summed E-state index contributed by atoms with van der Waals surface area (Å²) in [6.45, 7) is 6.01. The molecule has 0 atom stereocenters. The van der Waals surface area contributed by atoms with Gasteiger partial charge in [0.1, 0.15) is 6.20 Å². The molecule has 1 aromatic carbocycles. The molecule has 0 unspecified atom stereocenters. The van der Waals surface area contributed by atoms with E-state index in [9.17, 15) is 10.1 Å². The molecule has 0 amide bonds. The van der Waals surface area contributed by atoms with Crippen LogP contribution in [0.15, 0.2) is 30.5 Å². The van der Waals surface area contributed by atoms with Crippen molar-refractivity contribution < 1.29 is 4.92 Å². The van der Waals surface area contributed by atoms with Crippen LogP contribution >= 0.6 is 0 Å². The number of rotatable bonds is 3. The van der Waals surface area contributed by atoms with Crippen molar-refractivity contribution >= 4 is 18.0 Å². The first-order chi connectivity index (χ1) is 9.59. The van der Waals surface area contributed by atoms with Gasteiger partial charge in [-0.05, 0) is 29.0 Å². The van der Waals surface area contributed by atoms with Gasteiger partial charge in [0.05, 0.1) is 7.05 Å². The zero-order chi connectivity index (χ0) is 15.1. The zero-order valence-corrected chi connectivity index (χ0v) is 12.2. The Balaban J connectivity index is 0.000000956. The van der Waals surface area contributed by atoms with Crippen LogP contribution in [-0.4, -0.2) is 14.5 Å². The highest BCUT2D eigenvalue weighted by Gasteiger charge is 2.13. The fourth-order valence-corrected chi connectivity index (χ4v) is 1.68. The maximum Gasteiger partial charge on any atom is 0.342 e. The molecule has 0 aliphatic carbocycles. The lowest BCUT2D eigenvalue weighted by molar-refractivity contribution is -0.391.